The van der Waals surface area contributed by atoms with E-state index in [9.17, 15) is 0 Å². The summed E-state index contributed by atoms with van der Waals surface area (Å²) in [6.07, 6.45) is 2.64. The van der Waals surface area contributed by atoms with Gasteiger partial charge in [-0.3, -0.25) is 9.89 Å². The summed E-state index contributed by atoms with van der Waals surface area (Å²) in [5.41, 5.74) is 0. The topological polar surface area (TPSA) is 62.0 Å². The third-order valence-electron chi connectivity index (χ3n) is 4.86. The Morgan fingerprint density at radius 2 is 2.19 bits per heavy atom. The maximum Gasteiger partial charge on any atom is 0.191 e. The van der Waals surface area contributed by atoms with Gasteiger partial charge in [0.25, 0.3) is 0 Å². The fraction of sp³-hybridized carbons (Fsp3) is 0.737. The number of thioether (sulfide) groups is 1. The maximum atomic E-state index is 5.94. The zero-order chi connectivity index (χ0) is 18.2. The predicted octanol–water partition coefficient (Wildman–Crippen LogP) is 2.41. The lowest BCUT2D eigenvalue weighted by Gasteiger charge is -2.32. The summed E-state index contributed by atoms with van der Waals surface area (Å²) in [6.45, 7) is 10.0. The van der Waals surface area contributed by atoms with Crippen LogP contribution in [0, 0.1) is 6.92 Å². The van der Waals surface area contributed by atoms with Gasteiger partial charge in [0.05, 0.1) is 25.8 Å². The molecule has 0 aliphatic carbocycles. The van der Waals surface area contributed by atoms with Crippen LogP contribution in [0.4, 0.5) is 0 Å². The van der Waals surface area contributed by atoms with Gasteiger partial charge < -0.3 is 19.8 Å². The second-order valence-electron chi connectivity index (χ2n) is 6.85. The molecule has 2 saturated heterocycles. The Morgan fingerprint density at radius 1 is 1.35 bits per heavy atom. The molecule has 0 radical (unpaired) electrons. The molecular weight excluding hydrogens is 348 g/mol. The van der Waals surface area contributed by atoms with E-state index in [1.807, 2.05) is 13.0 Å². The first-order valence-electron chi connectivity index (χ1n) is 9.78. The van der Waals surface area contributed by atoms with Gasteiger partial charge in [-0.1, -0.05) is 0 Å². The molecule has 2 aliphatic heterocycles. The van der Waals surface area contributed by atoms with Gasteiger partial charge in [0.15, 0.2) is 5.96 Å². The number of guanidine groups is 1. The first-order valence-corrected chi connectivity index (χ1v) is 10.8. The van der Waals surface area contributed by atoms with E-state index in [-0.39, 0.29) is 6.04 Å². The molecule has 3 rings (SSSR count). The van der Waals surface area contributed by atoms with Crippen LogP contribution in [0.5, 0.6) is 0 Å². The quantitative estimate of drug-likeness (QED) is 0.560. The summed E-state index contributed by atoms with van der Waals surface area (Å²) in [6, 6.07) is 4.28. The Bertz CT molecular complexity index is 566. The van der Waals surface area contributed by atoms with E-state index in [4.69, 9.17) is 14.1 Å². The van der Waals surface area contributed by atoms with Crippen molar-refractivity contribution in [2.75, 3.05) is 51.7 Å². The summed E-state index contributed by atoms with van der Waals surface area (Å²) in [5, 5.41) is 7.61. The number of rotatable bonds is 7. The molecule has 0 spiro atoms. The molecule has 7 heteroatoms. The molecule has 2 fully saturated rings. The van der Waals surface area contributed by atoms with Crippen LogP contribution in [0.25, 0.3) is 0 Å². The first kappa shape index (κ1) is 19.6. The molecular formula is C19H32N4O2S. The molecule has 2 N–H and O–H groups in total. The first-order chi connectivity index (χ1) is 12.8. The van der Waals surface area contributed by atoms with Gasteiger partial charge in [0.2, 0.25) is 0 Å². The van der Waals surface area contributed by atoms with E-state index < -0.39 is 0 Å². The summed E-state index contributed by atoms with van der Waals surface area (Å²) in [4.78, 5) is 7.30. The fourth-order valence-corrected chi connectivity index (χ4v) is 4.64. The average molecular weight is 381 g/mol. The number of furan rings is 1. The number of hydrogen-bond acceptors (Lipinski definition) is 5. The van der Waals surface area contributed by atoms with Crippen LogP contribution < -0.4 is 10.6 Å². The Balaban J connectivity index is 1.65. The SMILES string of the molecule is CCNC(=NCC(c1ccc(C)o1)N1CCOCC1)NCC1CCCS1. The van der Waals surface area contributed by atoms with Crippen LogP contribution in [-0.4, -0.2) is 67.8 Å². The standard InChI is InChI=1S/C19H32N4O2S/c1-3-20-19(21-13-16-5-4-12-26-16)22-14-17(18-7-6-15(2)25-18)23-8-10-24-11-9-23/h6-7,16-17H,3-5,8-14H2,1-2H3,(H2,20,21,22). The van der Waals surface area contributed by atoms with Gasteiger partial charge in [-0.05, 0) is 44.6 Å². The van der Waals surface area contributed by atoms with Crippen molar-refractivity contribution < 1.29 is 9.15 Å². The van der Waals surface area contributed by atoms with Crippen molar-refractivity contribution in [1.82, 2.24) is 15.5 Å². The van der Waals surface area contributed by atoms with Crippen molar-refractivity contribution in [2.45, 2.75) is 38.0 Å². The van der Waals surface area contributed by atoms with Crippen molar-refractivity contribution in [1.29, 1.82) is 0 Å². The van der Waals surface area contributed by atoms with Crippen LogP contribution in [-0.2, 0) is 4.74 Å². The second kappa shape index (κ2) is 10.2. The smallest absolute Gasteiger partial charge is 0.191 e. The predicted molar refractivity (Wildman–Crippen MR) is 108 cm³/mol. The highest BCUT2D eigenvalue weighted by Crippen LogP contribution is 2.26. The highest BCUT2D eigenvalue weighted by Gasteiger charge is 2.25. The summed E-state index contributed by atoms with van der Waals surface area (Å²) in [5.74, 6) is 4.14. The van der Waals surface area contributed by atoms with E-state index >= 15 is 0 Å². The van der Waals surface area contributed by atoms with Gasteiger partial charge in [0, 0.05) is 31.4 Å². The fourth-order valence-electron chi connectivity index (χ4n) is 3.44. The van der Waals surface area contributed by atoms with Gasteiger partial charge in [0.1, 0.15) is 11.5 Å². The number of aliphatic imine (C=N–C) groups is 1. The average Bonchev–Trinajstić information content (AvgIpc) is 3.32. The lowest BCUT2D eigenvalue weighted by molar-refractivity contribution is 0.0135. The zero-order valence-electron chi connectivity index (χ0n) is 16.0. The van der Waals surface area contributed by atoms with Crippen molar-refractivity contribution in [2.24, 2.45) is 4.99 Å². The van der Waals surface area contributed by atoms with Gasteiger partial charge >= 0.3 is 0 Å². The third-order valence-corrected chi connectivity index (χ3v) is 6.26. The normalized spacial score (nSPS) is 23.2. The highest BCUT2D eigenvalue weighted by molar-refractivity contribution is 8.00. The minimum absolute atomic E-state index is 0.156. The van der Waals surface area contributed by atoms with Crippen LogP contribution in [0.3, 0.4) is 0 Å². The number of morpholine rings is 1. The summed E-state index contributed by atoms with van der Waals surface area (Å²) in [7, 11) is 0. The van der Waals surface area contributed by atoms with Crippen LogP contribution in [0.15, 0.2) is 21.5 Å². The number of nitrogens with zero attached hydrogens (tertiary/aromatic N) is 2. The highest BCUT2D eigenvalue weighted by atomic mass is 32.2. The molecule has 0 saturated carbocycles. The summed E-state index contributed by atoms with van der Waals surface area (Å²) >= 11 is 2.07. The van der Waals surface area contributed by atoms with E-state index in [0.29, 0.717) is 11.8 Å². The Labute approximate surface area is 161 Å². The van der Waals surface area contributed by atoms with E-state index in [1.54, 1.807) is 0 Å². The van der Waals surface area contributed by atoms with Crippen LogP contribution >= 0.6 is 11.8 Å². The molecule has 6 nitrogen and oxygen atoms in total. The molecule has 2 unspecified atom stereocenters. The van der Waals surface area contributed by atoms with Crippen LogP contribution in [0.2, 0.25) is 0 Å². The monoisotopic (exact) mass is 380 g/mol. The molecule has 2 aliphatic rings. The molecule has 3 heterocycles. The van der Waals surface area contributed by atoms with Gasteiger partial charge in [-0.2, -0.15) is 11.8 Å². The third kappa shape index (κ3) is 5.66. The summed E-state index contributed by atoms with van der Waals surface area (Å²) < 4.78 is 11.5. The zero-order valence-corrected chi connectivity index (χ0v) is 16.8. The molecule has 0 amide bonds. The molecule has 26 heavy (non-hydrogen) atoms. The molecule has 2 atom stereocenters. The molecule has 1 aromatic heterocycles. The van der Waals surface area contributed by atoms with E-state index in [0.717, 1.165) is 56.9 Å². The maximum absolute atomic E-state index is 5.94. The minimum atomic E-state index is 0.156. The Morgan fingerprint density at radius 3 is 2.85 bits per heavy atom. The van der Waals surface area contributed by atoms with Crippen molar-refractivity contribution in [3.8, 4) is 0 Å². The minimum Gasteiger partial charge on any atom is -0.465 e. The van der Waals surface area contributed by atoms with E-state index in [1.165, 1.54) is 18.6 Å². The number of hydrogen-bond donors (Lipinski definition) is 2. The molecule has 146 valence electrons. The molecule has 0 aromatic carbocycles. The van der Waals surface area contributed by atoms with Crippen LogP contribution in [0.1, 0.15) is 37.3 Å². The van der Waals surface area contributed by atoms with Gasteiger partial charge in [-0.15, -0.1) is 0 Å². The second-order valence-corrected chi connectivity index (χ2v) is 8.26. The largest absolute Gasteiger partial charge is 0.465 e. The Hall–Kier alpha value is -1.18. The van der Waals surface area contributed by atoms with E-state index in [2.05, 4.69) is 40.3 Å². The van der Waals surface area contributed by atoms with Gasteiger partial charge in [-0.25, -0.2) is 0 Å². The molecule has 0 bridgehead atoms. The number of nitrogens with one attached hydrogen (secondary N) is 2. The van der Waals surface area contributed by atoms with Crippen molar-refractivity contribution in [3.63, 3.8) is 0 Å². The molecule has 1 aromatic rings. The number of aryl methyl sites for hydroxylation is 1. The van der Waals surface area contributed by atoms with Crippen molar-refractivity contribution >= 4 is 17.7 Å². The Kier molecular flexibility index (Phi) is 7.70. The lowest BCUT2D eigenvalue weighted by atomic mass is 10.1. The van der Waals surface area contributed by atoms with Crippen molar-refractivity contribution in [3.05, 3.63) is 23.7 Å². The number of ether oxygens (including phenoxy) is 1. The lowest BCUT2D eigenvalue weighted by Crippen LogP contribution is -2.42.